The van der Waals surface area contributed by atoms with Gasteiger partial charge in [0.25, 0.3) is 0 Å². The summed E-state index contributed by atoms with van der Waals surface area (Å²) in [5.74, 6) is 4.49. The average molecular weight is 292 g/mol. The Morgan fingerprint density at radius 1 is 1.45 bits per heavy atom. The Morgan fingerprint density at radius 2 is 2.35 bits per heavy atom. The van der Waals surface area contributed by atoms with Crippen LogP contribution in [0.3, 0.4) is 0 Å². The minimum Gasteiger partial charge on any atom is -0.468 e. The molecule has 3 unspecified atom stereocenters. The van der Waals surface area contributed by atoms with Gasteiger partial charge < -0.3 is 9.89 Å². The summed E-state index contributed by atoms with van der Waals surface area (Å²) < 4.78 is 5.30. The van der Waals surface area contributed by atoms with Gasteiger partial charge in [-0.1, -0.05) is 11.6 Å². The van der Waals surface area contributed by atoms with E-state index in [1.807, 2.05) is 12.1 Å². The molecule has 2 saturated carbocycles. The summed E-state index contributed by atoms with van der Waals surface area (Å²) in [5.41, 5.74) is 1.65. The number of Topliss-reactive ketones (excluding diaryl/α,β-unsaturated/α-hetero) is 1. The lowest BCUT2D eigenvalue weighted by atomic mass is 9.69. The first kappa shape index (κ1) is 14.0. The van der Waals surface area contributed by atoms with Gasteiger partial charge in [-0.15, -0.1) is 11.8 Å². The maximum atomic E-state index is 12.6. The Labute approximate surface area is 123 Å². The average Bonchev–Trinajstić information content (AvgIpc) is 2.90. The molecule has 2 fully saturated rings. The van der Waals surface area contributed by atoms with Crippen LogP contribution in [0.4, 0.5) is 0 Å². The number of ketones is 1. The van der Waals surface area contributed by atoms with Crippen molar-refractivity contribution in [1.82, 2.24) is 0 Å². The molecule has 3 nitrogen and oxygen atoms in total. The molecule has 1 aromatic heterocycles. The van der Waals surface area contributed by atoms with E-state index in [-0.39, 0.29) is 10.9 Å². The van der Waals surface area contributed by atoms with Crippen molar-refractivity contribution in [3.63, 3.8) is 0 Å². The van der Waals surface area contributed by atoms with Gasteiger partial charge in [0, 0.05) is 5.41 Å². The van der Waals surface area contributed by atoms with Crippen LogP contribution in [0.1, 0.15) is 31.4 Å². The van der Waals surface area contributed by atoms with Crippen molar-refractivity contribution in [3.8, 4) is 0 Å². The van der Waals surface area contributed by atoms with Gasteiger partial charge in [-0.3, -0.25) is 4.79 Å². The largest absolute Gasteiger partial charge is 0.468 e. The van der Waals surface area contributed by atoms with Crippen LogP contribution in [0.25, 0.3) is 0 Å². The molecule has 3 aliphatic rings. The molecule has 4 heteroatoms. The fraction of sp³-hybridized carbons (Fsp3) is 0.562. The second kappa shape index (κ2) is 5.08. The number of carbonyl (C=O) groups is 1. The molecule has 1 aromatic rings. The van der Waals surface area contributed by atoms with Crippen molar-refractivity contribution in [1.29, 1.82) is 0 Å². The second-order valence-corrected chi connectivity index (χ2v) is 7.22. The lowest BCUT2D eigenvalue weighted by molar-refractivity contribution is -0.125. The van der Waals surface area contributed by atoms with E-state index in [1.165, 1.54) is 6.42 Å². The molecule has 0 saturated heterocycles. The smallest absolute Gasteiger partial charge is 0.149 e. The number of carbonyl (C=O) groups excluding carboxylic acids is 1. The molecule has 0 aromatic carbocycles. The Morgan fingerprint density at radius 3 is 3.15 bits per heavy atom. The van der Waals surface area contributed by atoms with Crippen LogP contribution in [0.2, 0.25) is 0 Å². The van der Waals surface area contributed by atoms with Crippen LogP contribution in [-0.4, -0.2) is 17.0 Å². The zero-order chi connectivity index (χ0) is 12.9. The van der Waals surface area contributed by atoms with E-state index >= 15 is 0 Å². The SMILES string of the molecule is O.O=C(CSCc1ccco1)C12CC=C3CC(C1)C3C2. The summed E-state index contributed by atoms with van der Waals surface area (Å²) in [4.78, 5) is 12.6. The molecular formula is C16H20O3S. The Bertz CT molecular complexity index is 534. The molecular weight excluding hydrogens is 272 g/mol. The van der Waals surface area contributed by atoms with E-state index in [9.17, 15) is 4.79 Å². The van der Waals surface area contributed by atoms with Crippen molar-refractivity contribution in [2.45, 2.75) is 31.4 Å². The normalized spacial score (nSPS) is 33.1. The van der Waals surface area contributed by atoms with E-state index in [0.717, 1.165) is 42.6 Å². The number of allylic oxidation sites excluding steroid dienone is 2. The molecule has 0 spiro atoms. The van der Waals surface area contributed by atoms with Crippen molar-refractivity contribution in [2.24, 2.45) is 17.3 Å². The number of thioether (sulfide) groups is 1. The Balaban J connectivity index is 0.00000121. The molecule has 0 amide bonds. The molecule has 0 radical (unpaired) electrons. The van der Waals surface area contributed by atoms with E-state index in [1.54, 1.807) is 23.6 Å². The van der Waals surface area contributed by atoms with Crippen molar-refractivity contribution >= 4 is 17.5 Å². The first-order chi connectivity index (χ1) is 9.27. The highest BCUT2D eigenvalue weighted by Gasteiger charge is 2.56. The predicted molar refractivity (Wildman–Crippen MR) is 79.5 cm³/mol. The van der Waals surface area contributed by atoms with Crippen molar-refractivity contribution in [2.75, 3.05) is 5.75 Å². The summed E-state index contributed by atoms with van der Waals surface area (Å²) >= 11 is 1.70. The zero-order valence-electron chi connectivity index (χ0n) is 11.4. The van der Waals surface area contributed by atoms with Crippen molar-refractivity contribution in [3.05, 3.63) is 35.8 Å². The molecule has 2 N–H and O–H groups in total. The third kappa shape index (κ3) is 2.06. The number of rotatable bonds is 5. The van der Waals surface area contributed by atoms with Gasteiger partial charge in [0.15, 0.2) is 0 Å². The minimum atomic E-state index is 0. The summed E-state index contributed by atoms with van der Waals surface area (Å²) in [6.45, 7) is 0. The summed E-state index contributed by atoms with van der Waals surface area (Å²) in [6, 6.07) is 3.87. The van der Waals surface area contributed by atoms with Gasteiger partial charge in [-0.05, 0) is 49.7 Å². The molecule has 0 aliphatic heterocycles. The molecule has 3 atom stereocenters. The standard InChI is InChI=1S/C16H18O2S.H2O/c17-15(10-19-9-13-2-1-5-18-13)16-4-3-11-6-12(7-16)14(11)8-16;/h1-3,5,12,14H,4,6-10H2;1H2. The molecule has 4 rings (SSSR count). The quantitative estimate of drug-likeness (QED) is 0.784. The first-order valence-corrected chi connectivity index (χ1v) is 8.25. The predicted octanol–water partition coefficient (Wildman–Crippen LogP) is 3.00. The van der Waals surface area contributed by atoms with Crippen LogP contribution in [-0.2, 0) is 10.5 Å². The number of hydrogen-bond acceptors (Lipinski definition) is 3. The fourth-order valence-electron chi connectivity index (χ4n) is 4.12. The summed E-state index contributed by atoms with van der Waals surface area (Å²) in [7, 11) is 0. The monoisotopic (exact) mass is 292 g/mol. The Hall–Kier alpha value is -1.00. The molecule has 108 valence electrons. The van der Waals surface area contributed by atoms with Crippen LogP contribution < -0.4 is 0 Å². The summed E-state index contributed by atoms with van der Waals surface area (Å²) in [5, 5.41) is 0. The second-order valence-electron chi connectivity index (χ2n) is 6.24. The van der Waals surface area contributed by atoms with E-state index in [2.05, 4.69) is 6.08 Å². The van der Waals surface area contributed by atoms with Gasteiger partial charge in [-0.25, -0.2) is 0 Å². The highest BCUT2D eigenvalue weighted by Crippen LogP contribution is 2.63. The van der Waals surface area contributed by atoms with Gasteiger partial charge in [0.2, 0.25) is 0 Å². The molecule has 2 bridgehead atoms. The summed E-state index contributed by atoms with van der Waals surface area (Å²) in [6.07, 6.45) is 8.64. The maximum absolute atomic E-state index is 12.6. The Kier molecular flexibility index (Phi) is 3.55. The lowest BCUT2D eigenvalue weighted by Gasteiger charge is -2.36. The number of furan rings is 1. The molecule has 3 aliphatic carbocycles. The third-order valence-corrected chi connectivity index (χ3v) is 6.17. The third-order valence-electron chi connectivity index (χ3n) is 5.21. The lowest BCUT2D eigenvalue weighted by Crippen LogP contribution is -2.31. The van der Waals surface area contributed by atoms with Crippen LogP contribution in [0, 0.1) is 17.3 Å². The van der Waals surface area contributed by atoms with Gasteiger partial charge in [0.1, 0.15) is 11.5 Å². The highest BCUT2D eigenvalue weighted by molar-refractivity contribution is 7.99. The molecule has 1 heterocycles. The van der Waals surface area contributed by atoms with Crippen LogP contribution >= 0.6 is 11.8 Å². The highest BCUT2D eigenvalue weighted by atomic mass is 32.2. The van der Waals surface area contributed by atoms with Crippen LogP contribution in [0.15, 0.2) is 34.5 Å². The number of hydrogen-bond donors (Lipinski definition) is 0. The van der Waals surface area contributed by atoms with E-state index in [0.29, 0.717) is 11.5 Å². The van der Waals surface area contributed by atoms with Crippen molar-refractivity contribution < 1.29 is 14.7 Å². The number of fused-ring (bicyclic) bond motifs is 1. The van der Waals surface area contributed by atoms with Gasteiger partial charge >= 0.3 is 0 Å². The minimum absolute atomic E-state index is 0. The van der Waals surface area contributed by atoms with Gasteiger partial charge in [-0.2, -0.15) is 0 Å². The first-order valence-electron chi connectivity index (χ1n) is 7.09. The van der Waals surface area contributed by atoms with Crippen LogP contribution in [0.5, 0.6) is 0 Å². The molecule has 20 heavy (non-hydrogen) atoms. The van der Waals surface area contributed by atoms with Gasteiger partial charge in [0.05, 0.1) is 17.8 Å². The topological polar surface area (TPSA) is 61.7 Å². The van der Waals surface area contributed by atoms with E-state index < -0.39 is 0 Å². The maximum Gasteiger partial charge on any atom is 0.149 e. The van der Waals surface area contributed by atoms with E-state index in [4.69, 9.17) is 4.42 Å². The fourth-order valence-corrected chi connectivity index (χ4v) is 5.08. The zero-order valence-corrected chi connectivity index (χ0v) is 12.2.